The van der Waals surface area contributed by atoms with Crippen molar-refractivity contribution in [3.8, 4) is 0 Å². The van der Waals surface area contributed by atoms with Crippen molar-refractivity contribution < 1.29 is 4.79 Å². The normalized spacial score (nSPS) is 14.2. The Balaban J connectivity index is 2.19. The molecule has 1 aliphatic carbocycles. The molecule has 1 heterocycles. The van der Waals surface area contributed by atoms with Crippen LogP contribution in [0, 0.1) is 0 Å². The van der Waals surface area contributed by atoms with E-state index in [4.69, 9.17) is 0 Å². The van der Waals surface area contributed by atoms with Gasteiger partial charge in [-0.15, -0.1) is 0 Å². The number of likely N-dealkylation sites (N-methyl/N-ethyl adjacent to an activating group) is 1. The van der Waals surface area contributed by atoms with Gasteiger partial charge in [0.2, 0.25) is 5.91 Å². The standard InChI is InChI=1S/C13H19N3O/c1-4-13(17)15(2)9-12-14-10-7-5-6-8-11(10)16(12)3/h4H,1,5-9H2,2-3H3. The minimum absolute atomic E-state index is 0.0639. The number of fused-ring (bicyclic) bond motifs is 1. The number of carbonyl (C=O) groups excluding carboxylic acids is 1. The number of amides is 1. The van der Waals surface area contributed by atoms with Crippen LogP contribution in [-0.2, 0) is 31.2 Å². The molecule has 0 aromatic carbocycles. The monoisotopic (exact) mass is 233 g/mol. The van der Waals surface area contributed by atoms with Gasteiger partial charge in [0.15, 0.2) is 0 Å². The van der Waals surface area contributed by atoms with Crippen LogP contribution in [0.2, 0.25) is 0 Å². The van der Waals surface area contributed by atoms with Crippen molar-refractivity contribution in [1.82, 2.24) is 14.5 Å². The van der Waals surface area contributed by atoms with E-state index in [1.165, 1.54) is 30.3 Å². The molecule has 2 rings (SSSR count). The lowest BCUT2D eigenvalue weighted by atomic mass is 10.0. The molecule has 4 heteroatoms. The van der Waals surface area contributed by atoms with Crippen LogP contribution in [0.15, 0.2) is 12.7 Å². The first kappa shape index (κ1) is 11.9. The third-order valence-corrected chi connectivity index (χ3v) is 3.40. The number of imidazole rings is 1. The van der Waals surface area contributed by atoms with Crippen molar-refractivity contribution in [2.45, 2.75) is 32.2 Å². The van der Waals surface area contributed by atoms with Gasteiger partial charge in [0.05, 0.1) is 12.2 Å². The van der Waals surface area contributed by atoms with Crippen molar-refractivity contribution in [2.24, 2.45) is 7.05 Å². The maximum atomic E-state index is 11.4. The van der Waals surface area contributed by atoms with Gasteiger partial charge in [0.1, 0.15) is 5.82 Å². The molecule has 0 saturated heterocycles. The molecule has 92 valence electrons. The molecule has 0 aliphatic heterocycles. The highest BCUT2D eigenvalue weighted by Gasteiger charge is 2.19. The highest BCUT2D eigenvalue weighted by molar-refractivity contribution is 5.86. The summed E-state index contributed by atoms with van der Waals surface area (Å²) in [5.74, 6) is 0.903. The van der Waals surface area contributed by atoms with Crippen LogP contribution >= 0.6 is 0 Å². The molecular weight excluding hydrogens is 214 g/mol. The van der Waals surface area contributed by atoms with Gasteiger partial charge in [-0.2, -0.15) is 0 Å². The van der Waals surface area contributed by atoms with Crippen molar-refractivity contribution in [1.29, 1.82) is 0 Å². The fraction of sp³-hybridized carbons (Fsp3) is 0.538. The Labute approximate surface area is 102 Å². The van der Waals surface area contributed by atoms with E-state index in [0.717, 1.165) is 18.7 Å². The SMILES string of the molecule is C=CC(=O)N(C)Cc1nc2c(n1C)CCCC2. The summed E-state index contributed by atoms with van der Waals surface area (Å²) in [5, 5.41) is 0. The molecule has 1 aromatic heterocycles. The van der Waals surface area contributed by atoms with E-state index in [0.29, 0.717) is 6.54 Å². The summed E-state index contributed by atoms with van der Waals surface area (Å²) in [4.78, 5) is 17.7. The Morgan fingerprint density at radius 1 is 1.53 bits per heavy atom. The third kappa shape index (κ3) is 2.25. The van der Waals surface area contributed by atoms with Crippen LogP contribution in [-0.4, -0.2) is 27.4 Å². The van der Waals surface area contributed by atoms with E-state index in [1.54, 1.807) is 11.9 Å². The van der Waals surface area contributed by atoms with Gasteiger partial charge in [-0.25, -0.2) is 4.98 Å². The minimum atomic E-state index is -0.0639. The van der Waals surface area contributed by atoms with Gasteiger partial charge >= 0.3 is 0 Å². The second-order valence-corrected chi connectivity index (χ2v) is 4.59. The number of hydrogen-bond donors (Lipinski definition) is 0. The Kier molecular flexibility index (Phi) is 3.31. The summed E-state index contributed by atoms with van der Waals surface area (Å²) < 4.78 is 2.14. The topological polar surface area (TPSA) is 38.1 Å². The first-order valence-electron chi connectivity index (χ1n) is 6.04. The van der Waals surface area contributed by atoms with Gasteiger partial charge in [0.25, 0.3) is 0 Å². The first-order chi connectivity index (χ1) is 8.13. The molecule has 0 saturated carbocycles. The van der Waals surface area contributed by atoms with Crippen LogP contribution in [0.1, 0.15) is 30.1 Å². The average molecular weight is 233 g/mol. The van der Waals surface area contributed by atoms with E-state index in [2.05, 4.69) is 16.1 Å². The smallest absolute Gasteiger partial charge is 0.246 e. The van der Waals surface area contributed by atoms with E-state index in [9.17, 15) is 4.79 Å². The molecule has 4 nitrogen and oxygen atoms in total. The number of aromatic nitrogens is 2. The number of aryl methyl sites for hydroxylation is 1. The molecule has 17 heavy (non-hydrogen) atoms. The second kappa shape index (κ2) is 4.73. The van der Waals surface area contributed by atoms with E-state index < -0.39 is 0 Å². The van der Waals surface area contributed by atoms with Crippen LogP contribution in [0.5, 0.6) is 0 Å². The molecule has 1 aliphatic rings. The second-order valence-electron chi connectivity index (χ2n) is 4.59. The molecule has 0 N–H and O–H groups in total. The molecule has 0 radical (unpaired) electrons. The van der Waals surface area contributed by atoms with Crippen LogP contribution < -0.4 is 0 Å². The van der Waals surface area contributed by atoms with Crippen LogP contribution in [0.4, 0.5) is 0 Å². The van der Waals surface area contributed by atoms with Gasteiger partial charge in [-0.3, -0.25) is 4.79 Å². The van der Waals surface area contributed by atoms with Crippen molar-refractivity contribution >= 4 is 5.91 Å². The fourth-order valence-electron chi connectivity index (χ4n) is 2.33. The summed E-state index contributed by atoms with van der Waals surface area (Å²) in [7, 11) is 3.82. The molecule has 1 aromatic rings. The predicted molar refractivity (Wildman–Crippen MR) is 66.5 cm³/mol. The summed E-state index contributed by atoms with van der Waals surface area (Å²) >= 11 is 0. The lowest BCUT2D eigenvalue weighted by molar-refractivity contribution is -0.125. The Morgan fingerprint density at radius 3 is 2.88 bits per heavy atom. The van der Waals surface area contributed by atoms with E-state index in [1.807, 2.05) is 7.05 Å². The zero-order chi connectivity index (χ0) is 12.4. The fourth-order valence-corrected chi connectivity index (χ4v) is 2.33. The molecule has 0 atom stereocenters. The summed E-state index contributed by atoms with van der Waals surface area (Å²) in [6, 6.07) is 0. The maximum absolute atomic E-state index is 11.4. The highest BCUT2D eigenvalue weighted by atomic mass is 16.2. The Hall–Kier alpha value is -1.58. The quantitative estimate of drug-likeness (QED) is 0.741. The summed E-state index contributed by atoms with van der Waals surface area (Å²) in [5.41, 5.74) is 2.55. The molecule has 0 bridgehead atoms. The highest BCUT2D eigenvalue weighted by Crippen LogP contribution is 2.21. The number of carbonyl (C=O) groups is 1. The maximum Gasteiger partial charge on any atom is 0.246 e. The zero-order valence-corrected chi connectivity index (χ0v) is 10.6. The molecule has 0 spiro atoms. The number of hydrogen-bond acceptors (Lipinski definition) is 2. The predicted octanol–water partition coefficient (Wildman–Crippen LogP) is 1.44. The molecule has 0 fully saturated rings. The van der Waals surface area contributed by atoms with E-state index >= 15 is 0 Å². The van der Waals surface area contributed by atoms with Gasteiger partial charge in [-0.1, -0.05) is 6.58 Å². The summed E-state index contributed by atoms with van der Waals surface area (Å²) in [6.07, 6.45) is 5.99. The first-order valence-corrected chi connectivity index (χ1v) is 6.04. The number of nitrogens with zero attached hydrogens (tertiary/aromatic N) is 3. The van der Waals surface area contributed by atoms with Gasteiger partial charge in [0, 0.05) is 19.8 Å². The Bertz CT molecular complexity index is 448. The minimum Gasteiger partial charge on any atom is -0.335 e. The van der Waals surface area contributed by atoms with Crippen molar-refractivity contribution in [3.63, 3.8) is 0 Å². The average Bonchev–Trinajstić information content (AvgIpc) is 2.66. The lowest BCUT2D eigenvalue weighted by Crippen LogP contribution is -2.25. The zero-order valence-electron chi connectivity index (χ0n) is 10.6. The van der Waals surface area contributed by atoms with Gasteiger partial charge < -0.3 is 9.47 Å². The van der Waals surface area contributed by atoms with Crippen LogP contribution in [0.25, 0.3) is 0 Å². The van der Waals surface area contributed by atoms with Gasteiger partial charge in [-0.05, 0) is 31.8 Å². The summed E-state index contributed by atoms with van der Waals surface area (Å²) in [6.45, 7) is 4.04. The third-order valence-electron chi connectivity index (χ3n) is 3.40. The van der Waals surface area contributed by atoms with Crippen molar-refractivity contribution in [3.05, 3.63) is 29.9 Å². The number of rotatable bonds is 3. The Morgan fingerprint density at radius 2 is 2.24 bits per heavy atom. The lowest BCUT2D eigenvalue weighted by Gasteiger charge is -2.15. The van der Waals surface area contributed by atoms with E-state index in [-0.39, 0.29) is 5.91 Å². The largest absolute Gasteiger partial charge is 0.335 e. The molecule has 1 amide bonds. The molecule has 0 unspecified atom stereocenters. The molecular formula is C13H19N3O. The van der Waals surface area contributed by atoms with Crippen LogP contribution in [0.3, 0.4) is 0 Å². The van der Waals surface area contributed by atoms with Crippen molar-refractivity contribution in [2.75, 3.05) is 7.05 Å².